The van der Waals surface area contributed by atoms with Crippen LogP contribution in [0.15, 0.2) is 12.1 Å². The molecule has 0 atom stereocenters. The summed E-state index contributed by atoms with van der Waals surface area (Å²) in [6.07, 6.45) is 15.3. The van der Waals surface area contributed by atoms with E-state index >= 15 is 0 Å². The van der Waals surface area contributed by atoms with Gasteiger partial charge in [0.05, 0.1) is 0 Å². The van der Waals surface area contributed by atoms with Gasteiger partial charge in [0.25, 0.3) is 0 Å². The molecule has 146 valence electrons. The van der Waals surface area contributed by atoms with Crippen molar-refractivity contribution in [2.24, 2.45) is 17.8 Å². The third-order valence-electron chi connectivity index (χ3n) is 6.90. The zero-order valence-corrected chi connectivity index (χ0v) is 16.1. The van der Waals surface area contributed by atoms with Crippen LogP contribution in [-0.2, 0) is 0 Å². The summed E-state index contributed by atoms with van der Waals surface area (Å²) in [5, 5.41) is 0. The molecular weight excluding hydrogens is 333 g/mol. The average Bonchev–Trinajstić information content (AvgIpc) is 2.61. The first-order chi connectivity index (χ1) is 12.6. The van der Waals surface area contributed by atoms with Crippen molar-refractivity contribution >= 4 is 0 Å². The van der Waals surface area contributed by atoms with Crippen molar-refractivity contribution in [3.8, 4) is 0 Å². The number of benzene rings is 1. The van der Waals surface area contributed by atoms with Gasteiger partial charge in [0.2, 0.25) is 0 Å². The van der Waals surface area contributed by atoms with Gasteiger partial charge < -0.3 is 0 Å². The van der Waals surface area contributed by atoms with Crippen molar-refractivity contribution in [1.82, 2.24) is 0 Å². The summed E-state index contributed by atoms with van der Waals surface area (Å²) < 4.78 is 40.1. The lowest BCUT2D eigenvalue weighted by molar-refractivity contribution is 0.0864. The molecule has 0 heterocycles. The first-order valence-corrected chi connectivity index (χ1v) is 10.7. The van der Waals surface area contributed by atoms with Crippen LogP contribution in [0.5, 0.6) is 0 Å². The van der Waals surface area contributed by atoms with Crippen LogP contribution in [0, 0.1) is 35.2 Å². The minimum Gasteiger partial charge on any atom is -0.204 e. The Labute approximate surface area is 156 Å². The van der Waals surface area contributed by atoms with Gasteiger partial charge in [-0.05, 0) is 79.9 Å². The highest BCUT2D eigenvalue weighted by Gasteiger charge is 2.36. The third-order valence-corrected chi connectivity index (χ3v) is 6.90. The maximum absolute atomic E-state index is 13.5. The van der Waals surface area contributed by atoms with Crippen molar-refractivity contribution in [3.63, 3.8) is 0 Å². The van der Waals surface area contributed by atoms with Crippen LogP contribution in [0.2, 0.25) is 0 Å². The quantitative estimate of drug-likeness (QED) is 0.326. The van der Waals surface area contributed by atoms with Crippen LogP contribution in [0.1, 0.15) is 95.5 Å². The number of hydrogen-bond acceptors (Lipinski definition) is 0. The second kappa shape index (κ2) is 9.28. The second-order valence-corrected chi connectivity index (χ2v) is 8.71. The van der Waals surface area contributed by atoms with Gasteiger partial charge in [-0.2, -0.15) is 0 Å². The lowest BCUT2D eigenvalue weighted by atomic mass is 9.62. The number of halogens is 3. The molecular formula is C23H33F3. The van der Waals surface area contributed by atoms with Gasteiger partial charge in [0.1, 0.15) is 0 Å². The molecule has 0 spiro atoms. The van der Waals surface area contributed by atoms with Gasteiger partial charge in [0.15, 0.2) is 17.5 Å². The molecule has 1 aromatic rings. The van der Waals surface area contributed by atoms with E-state index in [0.29, 0.717) is 5.56 Å². The molecule has 0 amide bonds. The highest BCUT2D eigenvalue weighted by atomic mass is 19.2. The summed E-state index contributed by atoms with van der Waals surface area (Å²) in [6.45, 7) is 2.26. The lowest BCUT2D eigenvalue weighted by Crippen LogP contribution is -2.32. The third kappa shape index (κ3) is 4.84. The van der Waals surface area contributed by atoms with E-state index in [1.54, 1.807) is 0 Å². The Morgan fingerprint density at radius 2 is 1.42 bits per heavy atom. The molecule has 0 saturated heterocycles. The summed E-state index contributed by atoms with van der Waals surface area (Å²) >= 11 is 0. The molecule has 0 radical (unpaired) electrons. The van der Waals surface area contributed by atoms with E-state index in [1.165, 1.54) is 63.5 Å². The summed E-state index contributed by atoms with van der Waals surface area (Å²) in [6, 6.07) is 2.39. The molecule has 0 aliphatic heterocycles. The molecule has 0 N–H and O–H groups in total. The molecule has 2 saturated carbocycles. The van der Waals surface area contributed by atoms with Crippen LogP contribution >= 0.6 is 0 Å². The molecule has 0 aromatic heterocycles. The first-order valence-electron chi connectivity index (χ1n) is 10.7. The Kier molecular flexibility index (Phi) is 7.05. The van der Waals surface area contributed by atoms with Gasteiger partial charge in [-0.3, -0.25) is 0 Å². The predicted octanol–water partition coefficient (Wildman–Crippen LogP) is 7.76. The zero-order chi connectivity index (χ0) is 18.5. The molecule has 2 aliphatic carbocycles. The minimum atomic E-state index is -1.35. The summed E-state index contributed by atoms with van der Waals surface area (Å²) in [4.78, 5) is 0. The standard InChI is InChI=1S/C23H33F3/c1-2-3-4-5-6-7-16-12-19(13-16)17-8-10-18(11-9-17)20-14-21(24)23(26)22(25)15-20/h14-19H,2-13H2,1H3/t16?,17-,18-,19?. The van der Waals surface area contributed by atoms with Crippen molar-refractivity contribution in [3.05, 3.63) is 35.1 Å². The summed E-state index contributed by atoms with van der Waals surface area (Å²) in [5.74, 6) is -0.663. The fraction of sp³-hybridized carbons (Fsp3) is 0.739. The monoisotopic (exact) mass is 366 g/mol. The highest BCUT2D eigenvalue weighted by molar-refractivity contribution is 5.23. The Morgan fingerprint density at radius 1 is 0.808 bits per heavy atom. The molecule has 26 heavy (non-hydrogen) atoms. The van der Waals surface area contributed by atoms with Crippen LogP contribution in [0.25, 0.3) is 0 Å². The maximum Gasteiger partial charge on any atom is 0.194 e. The largest absolute Gasteiger partial charge is 0.204 e. The summed E-state index contributed by atoms with van der Waals surface area (Å²) in [5.41, 5.74) is 0.637. The summed E-state index contributed by atoms with van der Waals surface area (Å²) in [7, 11) is 0. The zero-order valence-electron chi connectivity index (χ0n) is 16.1. The van der Waals surface area contributed by atoms with Crippen molar-refractivity contribution in [2.45, 2.75) is 89.9 Å². The van der Waals surface area contributed by atoms with Gasteiger partial charge in [-0.25, -0.2) is 13.2 Å². The molecule has 2 fully saturated rings. The minimum absolute atomic E-state index is 0.185. The molecule has 2 aliphatic rings. The Bertz CT molecular complexity index is 546. The topological polar surface area (TPSA) is 0 Å². The molecule has 3 heteroatoms. The molecule has 0 bridgehead atoms. The smallest absolute Gasteiger partial charge is 0.194 e. The van der Waals surface area contributed by atoms with Crippen LogP contribution in [-0.4, -0.2) is 0 Å². The normalized spacial score (nSPS) is 28.8. The maximum atomic E-state index is 13.5. The van der Waals surface area contributed by atoms with E-state index in [4.69, 9.17) is 0 Å². The van der Waals surface area contributed by atoms with E-state index < -0.39 is 17.5 Å². The van der Waals surface area contributed by atoms with Crippen LogP contribution in [0.3, 0.4) is 0 Å². The lowest BCUT2D eigenvalue weighted by Gasteiger charge is -2.43. The second-order valence-electron chi connectivity index (χ2n) is 8.71. The van der Waals surface area contributed by atoms with Crippen LogP contribution in [0.4, 0.5) is 13.2 Å². The predicted molar refractivity (Wildman–Crippen MR) is 101 cm³/mol. The van der Waals surface area contributed by atoms with Gasteiger partial charge in [-0.1, -0.05) is 45.4 Å². The molecule has 1 aromatic carbocycles. The van der Waals surface area contributed by atoms with Gasteiger partial charge >= 0.3 is 0 Å². The van der Waals surface area contributed by atoms with E-state index in [2.05, 4.69) is 6.92 Å². The Balaban J connectivity index is 1.37. The van der Waals surface area contributed by atoms with Crippen molar-refractivity contribution in [1.29, 1.82) is 0 Å². The van der Waals surface area contributed by atoms with Gasteiger partial charge in [0, 0.05) is 0 Å². The number of unbranched alkanes of at least 4 members (excludes halogenated alkanes) is 4. The first kappa shape index (κ1) is 19.8. The molecule has 0 unspecified atom stereocenters. The van der Waals surface area contributed by atoms with E-state index in [1.807, 2.05) is 0 Å². The van der Waals surface area contributed by atoms with E-state index in [0.717, 1.165) is 43.4 Å². The van der Waals surface area contributed by atoms with Crippen molar-refractivity contribution in [2.75, 3.05) is 0 Å². The van der Waals surface area contributed by atoms with Crippen molar-refractivity contribution < 1.29 is 13.2 Å². The van der Waals surface area contributed by atoms with Gasteiger partial charge in [-0.15, -0.1) is 0 Å². The Morgan fingerprint density at radius 3 is 2.04 bits per heavy atom. The molecule has 0 nitrogen and oxygen atoms in total. The highest BCUT2D eigenvalue weighted by Crippen LogP contribution is 2.48. The fourth-order valence-electron chi connectivity index (χ4n) is 5.18. The molecule has 3 rings (SSSR count). The number of hydrogen-bond donors (Lipinski definition) is 0. The SMILES string of the molecule is CCCCCCCC1CC([C@H]2CC[C@H](c3cc(F)c(F)c(F)c3)CC2)C1. The Hall–Kier alpha value is -0.990. The number of rotatable bonds is 8. The average molecular weight is 367 g/mol. The van der Waals surface area contributed by atoms with E-state index in [9.17, 15) is 13.2 Å². The fourth-order valence-corrected chi connectivity index (χ4v) is 5.18. The van der Waals surface area contributed by atoms with Crippen LogP contribution < -0.4 is 0 Å². The van der Waals surface area contributed by atoms with E-state index in [-0.39, 0.29) is 5.92 Å².